The Balaban J connectivity index is 1.81. The van der Waals surface area contributed by atoms with Gasteiger partial charge in [0.15, 0.2) is 0 Å². The molecule has 0 bridgehead atoms. The van der Waals surface area contributed by atoms with Gasteiger partial charge in [-0.3, -0.25) is 0 Å². The van der Waals surface area contributed by atoms with E-state index in [2.05, 4.69) is 79.7 Å². The summed E-state index contributed by atoms with van der Waals surface area (Å²) in [5.74, 6) is 0. The zero-order valence-corrected chi connectivity index (χ0v) is 23.0. The number of aryl methyl sites for hydroxylation is 2. The SMILES string of the molecule is CCCC(C)(C)c1sc(-c2ccc(-c3cc(C)c(C(C)(C)CC)s3)c3nsnc23)cc1C. The van der Waals surface area contributed by atoms with Crippen molar-refractivity contribution >= 4 is 45.4 Å². The molecule has 3 aromatic heterocycles. The molecule has 0 N–H and O–H groups in total. The molecule has 1 aromatic carbocycles. The van der Waals surface area contributed by atoms with Crippen LogP contribution < -0.4 is 0 Å². The van der Waals surface area contributed by atoms with E-state index in [1.165, 1.54) is 66.3 Å². The van der Waals surface area contributed by atoms with Gasteiger partial charge < -0.3 is 0 Å². The Morgan fingerprint density at radius 2 is 1.22 bits per heavy atom. The maximum absolute atomic E-state index is 4.75. The Bertz CT molecular complexity index is 1250. The molecule has 4 rings (SSSR count). The highest BCUT2D eigenvalue weighted by Gasteiger charge is 2.27. The Labute approximate surface area is 205 Å². The van der Waals surface area contributed by atoms with Gasteiger partial charge in [0.2, 0.25) is 0 Å². The van der Waals surface area contributed by atoms with Crippen LogP contribution in [0.3, 0.4) is 0 Å². The smallest absolute Gasteiger partial charge is 0.114 e. The number of fused-ring (bicyclic) bond motifs is 1. The van der Waals surface area contributed by atoms with Crippen molar-refractivity contribution in [1.82, 2.24) is 8.75 Å². The highest BCUT2D eigenvalue weighted by Crippen LogP contribution is 2.45. The summed E-state index contributed by atoms with van der Waals surface area (Å²) in [6.07, 6.45) is 3.54. The Hall–Kier alpha value is -1.56. The van der Waals surface area contributed by atoms with Crippen LogP contribution in [0.25, 0.3) is 31.9 Å². The van der Waals surface area contributed by atoms with Gasteiger partial charge in [-0.2, -0.15) is 8.75 Å². The van der Waals surface area contributed by atoms with E-state index in [1.54, 1.807) is 0 Å². The minimum atomic E-state index is 0.197. The van der Waals surface area contributed by atoms with Crippen molar-refractivity contribution in [2.75, 3.05) is 0 Å². The van der Waals surface area contributed by atoms with Gasteiger partial charge >= 0.3 is 0 Å². The molecule has 0 aliphatic rings. The number of nitrogens with zero attached hydrogens (tertiary/aromatic N) is 2. The third-order valence-electron chi connectivity index (χ3n) is 6.77. The molecule has 170 valence electrons. The van der Waals surface area contributed by atoms with Crippen LogP contribution in [-0.2, 0) is 10.8 Å². The number of aromatic nitrogens is 2. The monoisotopic (exact) mass is 482 g/mol. The summed E-state index contributed by atoms with van der Waals surface area (Å²) >= 11 is 5.18. The van der Waals surface area contributed by atoms with Gasteiger partial charge in [0, 0.05) is 30.6 Å². The van der Waals surface area contributed by atoms with E-state index in [1.807, 2.05) is 22.7 Å². The lowest BCUT2D eigenvalue weighted by Crippen LogP contribution is -2.15. The van der Waals surface area contributed by atoms with Gasteiger partial charge in [-0.25, -0.2) is 0 Å². The van der Waals surface area contributed by atoms with Crippen molar-refractivity contribution in [2.24, 2.45) is 0 Å². The highest BCUT2D eigenvalue weighted by molar-refractivity contribution is 7.16. The van der Waals surface area contributed by atoms with E-state index in [0.29, 0.717) is 0 Å². The molecule has 0 spiro atoms. The number of rotatable bonds is 7. The molecule has 0 saturated heterocycles. The molecule has 0 amide bonds. The van der Waals surface area contributed by atoms with E-state index in [9.17, 15) is 0 Å². The first-order valence-corrected chi connectivity index (χ1v) is 13.9. The van der Waals surface area contributed by atoms with E-state index in [-0.39, 0.29) is 10.8 Å². The van der Waals surface area contributed by atoms with Crippen LogP contribution >= 0.6 is 34.4 Å². The average Bonchev–Trinajstić information content (AvgIpc) is 3.45. The number of hydrogen-bond donors (Lipinski definition) is 0. The zero-order chi connectivity index (χ0) is 23.3. The lowest BCUT2D eigenvalue weighted by atomic mass is 9.85. The Morgan fingerprint density at radius 1 is 0.750 bits per heavy atom. The lowest BCUT2D eigenvalue weighted by Gasteiger charge is -2.23. The fourth-order valence-electron chi connectivity index (χ4n) is 4.74. The molecule has 5 heteroatoms. The van der Waals surface area contributed by atoms with Crippen molar-refractivity contribution in [1.29, 1.82) is 0 Å². The van der Waals surface area contributed by atoms with Crippen LogP contribution in [0.15, 0.2) is 24.3 Å². The molecule has 4 aromatic rings. The fourth-order valence-corrected chi connectivity index (χ4v) is 8.01. The standard InChI is InChI=1S/C27H34N2S3/c1-9-13-27(7,8)25-17(4)15-21(31-25)19-12-11-18(22-23(19)29-32-28-22)20-14-16(3)24(30-20)26(5,6)10-2/h11-12,14-15H,9-10,13H2,1-8H3. The summed E-state index contributed by atoms with van der Waals surface area (Å²) in [5.41, 5.74) is 7.68. The van der Waals surface area contributed by atoms with Gasteiger partial charge in [-0.15, -0.1) is 22.7 Å². The minimum Gasteiger partial charge on any atom is -0.172 e. The molecule has 3 heterocycles. The van der Waals surface area contributed by atoms with Gasteiger partial charge in [-0.1, -0.05) is 60.1 Å². The molecule has 32 heavy (non-hydrogen) atoms. The highest BCUT2D eigenvalue weighted by atomic mass is 32.1. The molecule has 0 fully saturated rings. The second kappa shape index (κ2) is 8.66. The van der Waals surface area contributed by atoms with Crippen LogP contribution in [0.4, 0.5) is 0 Å². The summed E-state index contributed by atoms with van der Waals surface area (Å²) in [6.45, 7) is 18.5. The van der Waals surface area contributed by atoms with Crippen LogP contribution in [0.1, 0.15) is 81.7 Å². The average molecular weight is 483 g/mol. The number of hydrogen-bond acceptors (Lipinski definition) is 5. The summed E-state index contributed by atoms with van der Waals surface area (Å²) in [6, 6.07) is 9.22. The predicted molar refractivity (Wildman–Crippen MR) is 145 cm³/mol. The third-order valence-corrected chi connectivity index (χ3v) is 10.6. The summed E-state index contributed by atoms with van der Waals surface area (Å²) in [4.78, 5) is 5.58. The van der Waals surface area contributed by atoms with E-state index < -0.39 is 0 Å². The van der Waals surface area contributed by atoms with Crippen molar-refractivity contribution in [3.8, 4) is 20.9 Å². The van der Waals surface area contributed by atoms with Crippen LogP contribution in [0.2, 0.25) is 0 Å². The predicted octanol–water partition coefficient (Wildman–Crippen LogP) is 9.53. The van der Waals surface area contributed by atoms with E-state index in [4.69, 9.17) is 8.75 Å². The van der Waals surface area contributed by atoms with E-state index >= 15 is 0 Å². The van der Waals surface area contributed by atoms with Crippen molar-refractivity contribution < 1.29 is 0 Å². The summed E-state index contributed by atoms with van der Waals surface area (Å²) in [7, 11) is 0. The molecular weight excluding hydrogens is 449 g/mol. The van der Waals surface area contributed by atoms with Gasteiger partial charge in [0.1, 0.15) is 11.0 Å². The molecule has 0 radical (unpaired) electrons. The molecule has 2 nitrogen and oxygen atoms in total. The Kier molecular flexibility index (Phi) is 6.38. The first-order valence-electron chi connectivity index (χ1n) is 11.6. The molecule has 0 aliphatic heterocycles. The molecule has 0 unspecified atom stereocenters. The molecule has 0 atom stereocenters. The molecule has 0 aliphatic carbocycles. The molecule has 0 saturated carbocycles. The van der Waals surface area contributed by atoms with E-state index in [0.717, 1.165) is 17.5 Å². The number of thiophene rings is 2. The third kappa shape index (κ3) is 4.08. The molecular formula is C27H34N2S3. The second-order valence-electron chi connectivity index (χ2n) is 10.2. The van der Waals surface area contributed by atoms with Crippen LogP contribution in [-0.4, -0.2) is 8.75 Å². The first kappa shape index (κ1) is 23.6. The fraction of sp³-hybridized carbons (Fsp3) is 0.481. The minimum absolute atomic E-state index is 0.197. The summed E-state index contributed by atoms with van der Waals surface area (Å²) < 4.78 is 9.51. The quantitative estimate of drug-likeness (QED) is 0.262. The zero-order valence-electron chi connectivity index (χ0n) is 20.5. The maximum atomic E-state index is 4.75. The first-order chi connectivity index (χ1) is 15.1. The maximum Gasteiger partial charge on any atom is 0.114 e. The number of benzene rings is 1. The Morgan fingerprint density at radius 3 is 1.66 bits per heavy atom. The van der Waals surface area contributed by atoms with Crippen LogP contribution in [0, 0.1) is 13.8 Å². The summed E-state index contributed by atoms with van der Waals surface area (Å²) in [5, 5.41) is 0. The van der Waals surface area contributed by atoms with Crippen LogP contribution in [0.5, 0.6) is 0 Å². The lowest BCUT2D eigenvalue weighted by molar-refractivity contribution is 0.480. The van der Waals surface area contributed by atoms with Gasteiger partial charge in [0.05, 0.1) is 11.7 Å². The van der Waals surface area contributed by atoms with Gasteiger partial charge in [-0.05, 0) is 60.8 Å². The normalized spacial score (nSPS) is 12.8. The van der Waals surface area contributed by atoms with Crippen molar-refractivity contribution in [2.45, 2.75) is 85.5 Å². The van der Waals surface area contributed by atoms with Crippen molar-refractivity contribution in [3.63, 3.8) is 0 Å². The second-order valence-corrected chi connectivity index (χ2v) is 12.9. The largest absolute Gasteiger partial charge is 0.172 e. The van der Waals surface area contributed by atoms with Gasteiger partial charge in [0.25, 0.3) is 0 Å². The van der Waals surface area contributed by atoms with Crippen molar-refractivity contribution in [3.05, 3.63) is 45.1 Å². The topological polar surface area (TPSA) is 25.8 Å².